The van der Waals surface area contributed by atoms with Crippen LogP contribution in [0.15, 0.2) is 47.6 Å². The van der Waals surface area contributed by atoms with Crippen molar-refractivity contribution < 1.29 is 13.0 Å². The van der Waals surface area contributed by atoms with Gasteiger partial charge in [-0.05, 0) is 51.2 Å². The lowest BCUT2D eigenvalue weighted by Crippen LogP contribution is -2.47. The van der Waals surface area contributed by atoms with E-state index in [0.29, 0.717) is 24.0 Å². The minimum atomic E-state index is -3.67. The first-order chi connectivity index (χ1) is 15.6. The van der Waals surface area contributed by atoms with Gasteiger partial charge in [0.1, 0.15) is 0 Å². The highest BCUT2D eigenvalue weighted by Crippen LogP contribution is 2.75. The Morgan fingerprint density at radius 2 is 1.29 bits per heavy atom. The molecule has 0 saturated carbocycles. The summed E-state index contributed by atoms with van der Waals surface area (Å²) in [6, 6.07) is 11.3. The molecule has 1 aliphatic carbocycles. The molecule has 0 fully saturated rings. The van der Waals surface area contributed by atoms with Gasteiger partial charge in [0.2, 0.25) is 0 Å². The van der Waals surface area contributed by atoms with Crippen LogP contribution >= 0.6 is 7.92 Å². The molecule has 0 amide bonds. The van der Waals surface area contributed by atoms with Gasteiger partial charge in [-0.2, -0.15) is 8.42 Å². The van der Waals surface area contributed by atoms with Crippen molar-refractivity contribution in [2.45, 2.75) is 105 Å². The van der Waals surface area contributed by atoms with Gasteiger partial charge >= 0.3 is 0 Å². The lowest BCUT2D eigenvalue weighted by atomic mass is 9.69. The van der Waals surface area contributed by atoms with Crippen LogP contribution in [0.5, 0.6) is 0 Å². The van der Waals surface area contributed by atoms with Crippen LogP contribution in [0.1, 0.15) is 95.1 Å². The monoisotopic (exact) mass is 522 g/mol. The van der Waals surface area contributed by atoms with E-state index in [1.807, 2.05) is 0 Å². The molecular weight excluding hydrogens is 471 g/mol. The number of hydrogen-bond donors (Lipinski definition) is 1. The summed E-state index contributed by atoms with van der Waals surface area (Å²) in [7, 11) is -4.02. The quantitative estimate of drug-likeness (QED) is 0.310. The number of rotatable bonds is 5. The fraction of sp³-hybridized carbons (Fsp3) is 0.667. The third kappa shape index (κ3) is 8.27. The summed E-state index contributed by atoms with van der Waals surface area (Å²) in [4.78, 5) is 0. The molecule has 1 N–H and O–H groups in total. The number of allylic oxidation sites excluding steroid dienone is 4. The van der Waals surface area contributed by atoms with E-state index < -0.39 is 10.1 Å². The van der Waals surface area contributed by atoms with Crippen molar-refractivity contribution in [3.05, 3.63) is 53.1 Å². The Labute approximate surface area is 218 Å². The smallest absolute Gasteiger partial charge is 0.261 e. The normalized spacial score (nSPS) is 19.9. The van der Waals surface area contributed by atoms with Crippen molar-refractivity contribution in [1.29, 1.82) is 0 Å². The largest absolute Gasteiger partial charge is 0.286 e. The Bertz CT molecular complexity index is 982. The average Bonchev–Trinajstić information content (AvgIpc) is 2.64. The predicted molar refractivity (Wildman–Crippen MR) is 157 cm³/mol. The zero-order valence-electron chi connectivity index (χ0n) is 24.5. The molecule has 0 aromatic heterocycles. The van der Waals surface area contributed by atoms with Gasteiger partial charge in [0, 0.05) is 5.16 Å². The Hall–Kier alpha value is -0.960. The molecule has 2 rings (SSSR count). The molecule has 0 heterocycles. The van der Waals surface area contributed by atoms with Crippen LogP contribution in [-0.4, -0.2) is 34.7 Å². The maximum atomic E-state index is 9.19. The lowest BCUT2D eigenvalue weighted by Gasteiger charge is -2.59. The molecule has 0 radical (unpaired) electrons. The van der Waals surface area contributed by atoms with Crippen molar-refractivity contribution in [2.75, 3.05) is 6.26 Å². The summed E-state index contributed by atoms with van der Waals surface area (Å²) < 4.78 is 25.9. The summed E-state index contributed by atoms with van der Waals surface area (Å²) in [6.45, 7) is 29.5. The highest BCUT2D eigenvalue weighted by molar-refractivity contribution is 7.85. The average molecular weight is 523 g/mol. The van der Waals surface area contributed by atoms with E-state index in [1.54, 1.807) is 16.7 Å². The third-order valence-corrected chi connectivity index (χ3v) is 11.0. The SMILES string of the molecule is CC(C)C1=CC(C(C)C)=C(c2ccccc2)C(C(C)C)(P(C(C)(C)C)C(C)(C)C)C1.CS(=O)(=O)O. The van der Waals surface area contributed by atoms with E-state index in [0.717, 1.165) is 0 Å². The van der Waals surface area contributed by atoms with Crippen molar-refractivity contribution in [3.8, 4) is 0 Å². The second kappa shape index (κ2) is 11.6. The zero-order chi connectivity index (χ0) is 27.6. The molecule has 1 aromatic rings. The van der Waals surface area contributed by atoms with Crippen LogP contribution in [0, 0.1) is 17.8 Å². The van der Waals surface area contributed by atoms with Crippen LogP contribution in [-0.2, 0) is 10.1 Å². The lowest BCUT2D eigenvalue weighted by molar-refractivity contribution is 0.463. The first kappa shape index (κ1) is 32.1. The molecule has 5 heteroatoms. The van der Waals surface area contributed by atoms with Gasteiger partial charge < -0.3 is 0 Å². The highest BCUT2D eigenvalue weighted by Gasteiger charge is 2.55. The maximum Gasteiger partial charge on any atom is 0.261 e. The Morgan fingerprint density at radius 1 is 0.857 bits per heavy atom. The molecule has 1 aliphatic rings. The fourth-order valence-corrected chi connectivity index (χ4v) is 11.7. The first-order valence-corrected chi connectivity index (χ1v) is 16.1. The summed E-state index contributed by atoms with van der Waals surface area (Å²) in [5.74, 6) is 1.68. The van der Waals surface area contributed by atoms with E-state index in [9.17, 15) is 8.42 Å². The van der Waals surface area contributed by atoms with Gasteiger partial charge in [-0.3, -0.25) is 4.55 Å². The summed E-state index contributed by atoms with van der Waals surface area (Å²) >= 11 is 0. The molecular formula is C30H51O3PS. The van der Waals surface area contributed by atoms with Crippen LogP contribution in [0.3, 0.4) is 0 Å². The van der Waals surface area contributed by atoms with E-state index in [4.69, 9.17) is 4.55 Å². The molecule has 0 bridgehead atoms. The molecule has 0 spiro atoms. The molecule has 35 heavy (non-hydrogen) atoms. The minimum Gasteiger partial charge on any atom is -0.286 e. The van der Waals surface area contributed by atoms with Crippen LogP contribution < -0.4 is 0 Å². The number of hydrogen-bond acceptors (Lipinski definition) is 2. The van der Waals surface area contributed by atoms with Crippen LogP contribution in [0.4, 0.5) is 0 Å². The van der Waals surface area contributed by atoms with Crippen molar-refractivity contribution >= 4 is 23.6 Å². The third-order valence-electron chi connectivity index (χ3n) is 6.66. The van der Waals surface area contributed by atoms with Gasteiger partial charge in [-0.15, -0.1) is 0 Å². The Kier molecular flexibility index (Phi) is 10.6. The Morgan fingerprint density at radius 3 is 1.60 bits per heavy atom. The van der Waals surface area contributed by atoms with E-state index in [1.165, 1.54) is 12.0 Å². The van der Waals surface area contributed by atoms with Crippen molar-refractivity contribution in [3.63, 3.8) is 0 Å². The second-order valence-electron chi connectivity index (χ2n) is 12.9. The van der Waals surface area contributed by atoms with Crippen molar-refractivity contribution in [1.82, 2.24) is 0 Å². The van der Waals surface area contributed by atoms with E-state index in [2.05, 4.69) is 119 Å². The van der Waals surface area contributed by atoms with E-state index in [-0.39, 0.29) is 23.4 Å². The molecule has 1 aromatic carbocycles. The second-order valence-corrected chi connectivity index (χ2v) is 18.5. The van der Waals surface area contributed by atoms with E-state index >= 15 is 0 Å². The van der Waals surface area contributed by atoms with Gasteiger partial charge in [0.15, 0.2) is 0 Å². The van der Waals surface area contributed by atoms with Gasteiger partial charge in [-0.25, -0.2) is 0 Å². The molecule has 200 valence electrons. The maximum absolute atomic E-state index is 9.19. The Balaban J connectivity index is 0.00000111. The summed E-state index contributed by atoms with van der Waals surface area (Å²) in [6.07, 6.45) is 4.49. The first-order valence-electron chi connectivity index (χ1n) is 12.9. The standard InChI is InChI=1S/C29H47P.CH4O3S/c1-20(2)24-18-25(21(3)4)26(23-16-14-13-15-17-23)29(19-24,22(5)6)30(27(7,8)9)28(10,11)12;1-5(2,3)4/h13-18,20-22H,19H2,1-12H3;1H3,(H,2,3,4). The topological polar surface area (TPSA) is 54.4 Å². The summed E-state index contributed by atoms with van der Waals surface area (Å²) in [5, 5.41) is 0.694. The van der Waals surface area contributed by atoms with Crippen molar-refractivity contribution in [2.24, 2.45) is 17.8 Å². The predicted octanol–water partition coefficient (Wildman–Crippen LogP) is 9.06. The molecule has 1 unspecified atom stereocenters. The molecule has 3 nitrogen and oxygen atoms in total. The molecule has 0 saturated heterocycles. The highest BCUT2D eigenvalue weighted by atomic mass is 32.2. The summed E-state index contributed by atoms with van der Waals surface area (Å²) in [5.41, 5.74) is 6.31. The van der Waals surface area contributed by atoms with Gasteiger partial charge in [-0.1, -0.05) is 133 Å². The number of benzene rings is 1. The fourth-order valence-electron chi connectivity index (χ4n) is 5.97. The van der Waals surface area contributed by atoms with Crippen LogP contribution in [0.25, 0.3) is 5.57 Å². The molecule has 0 aliphatic heterocycles. The molecule has 1 atom stereocenters. The van der Waals surface area contributed by atoms with Crippen LogP contribution in [0.2, 0.25) is 0 Å². The zero-order valence-corrected chi connectivity index (χ0v) is 26.2. The van der Waals surface area contributed by atoms with Gasteiger partial charge in [0.25, 0.3) is 10.1 Å². The minimum absolute atomic E-state index is 0.168. The van der Waals surface area contributed by atoms with Gasteiger partial charge in [0.05, 0.1) is 6.26 Å².